The molecule has 1 heterocycles. The summed E-state index contributed by atoms with van der Waals surface area (Å²) in [5.74, 6) is 0.729. The molecule has 0 N–H and O–H groups in total. The van der Waals surface area contributed by atoms with Gasteiger partial charge >= 0.3 is 0 Å². The maximum absolute atomic E-state index is 13.1. The van der Waals surface area contributed by atoms with E-state index in [1.807, 2.05) is 73.3 Å². The Morgan fingerprint density at radius 3 is 2.17 bits per heavy atom. The zero-order valence-electron chi connectivity index (χ0n) is 18.2. The molecule has 30 heavy (non-hydrogen) atoms. The first kappa shape index (κ1) is 21.6. The van der Waals surface area contributed by atoms with Crippen molar-refractivity contribution in [2.24, 2.45) is 5.92 Å². The van der Waals surface area contributed by atoms with Gasteiger partial charge in [-0.05, 0) is 43.0 Å². The lowest BCUT2D eigenvalue weighted by molar-refractivity contribution is -0.137. The first-order chi connectivity index (χ1) is 14.5. The van der Waals surface area contributed by atoms with Crippen LogP contribution in [0.3, 0.4) is 0 Å². The minimum Gasteiger partial charge on any atom is -0.493 e. The molecular formula is C25H30N2O3. The number of carbonyl (C=O) groups excluding carboxylic acids is 2. The lowest BCUT2D eigenvalue weighted by Gasteiger charge is -2.24. The molecule has 0 saturated carbocycles. The van der Waals surface area contributed by atoms with Crippen LogP contribution in [0.4, 0.5) is 0 Å². The van der Waals surface area contributed by atoms with Crippen LogP contribution in [-0.2, 0) is 16.1 Å². The van der Waals surface area contributed by atoms with Gasteiger partial charge in [0.15, 0.2) is 0 Å². The zero-order valence-corrected chi connectivity index (χ0v) is 18.2. The average Bonchev–Trinajstić information content (AvgIpc) is 3.01. The van der Waals surface area contributed by atoms with Gasteiger partial charge in [-0.1, -0.05) is 56.3 Å². The highest BCUT2D eigenvalue weighted by atomic mass is 16.5. The smallest absolute Gasteiger partial charge is 0.277 e. The summed E-state index contributed by atoms with van der Waals surface area (Å²) in [6, 6.07) is 17.5. The maximum Gasteiger partial charge on any atom is 0.277 e. The summed E-state index contributed by atoms with van der Waals surface area (Å²) in [5.41, 5.74) is 2.78. The van der Waals surface area contributed by atoms with Gasteiger partial charge in [0.25, 0.3) is 11.8 Å². The second-order valence-corrected chi connectivity index (χ2v) is 7.81. The number of hydrogen-bond donors (Lipinski definition) is 0. The van der Waals surface area contributed by atoms with Crippen molar-refractivity contribution >= 4 is 17.4 Å². The Morgan fingerprint density at radius 1 is 0.933 bits per heavy atom. The molecule has 2 amide bonds. The molecule has 158 valence electrons. The van der Waals surface area contributed by atoms with Crippen molar-refractivity contribution in [3.63, 3.8) is 0 Å². The van der Waals surface area contributed by atoms with Gasteiger partial charge in [0.1, 0.15) is 11.4 Å². The third-order valence-corrected chi connectivity index (χ3v) is 5.10. The molecule has 5 nitrogen and oxygen atoms in total. The van der Waals surface area contributed by atoms with Crippen LogP contribution in [0.2, 0.25) is 0 Å². The van der Waals surface area contributed by atoms with E-state index in [0.717, 1.165) is 16.9 Å². The van der Waals surface area contributed by atoms with Crippen molar-refractivity contribution in [3.05, 3.63) is 71.4 Å². The number of likely N-dealkylation sites (N-methyl/N-ethyl adjacent to an activating group) is 2. The maximum atomic E-state index is 13.1. The van der Waals surface area contributed by atoms with Crippen molar-refractivity contribution in [2.75, 3.05) is 19.7 Å². The molecular weight excluding hydrogens is 376 g/mol. The van der Waals surface area contributed by atoms with E-state index < -0.39 is 0 Å². The largest absolute Gasteiger partial charge is 0.493 e. The van der Waals surface area contributed by atoms with Crippen molar-refractivity contribution in [3.8, 4) is 5.75 Å². The molecule has 0 atom stereocenters. The van der Waals surface area contributed by atoms with Crippen molar-refractivity contribution in [1.82, 2.24) is 9.80 Å². The Bertz CT molecular complexity index is 917. The number of carbonyl (C=O) groups is 2. The van der Waals surface area contributed by atoms with Crippen molar-refractivity contribution in [1.29, 1.82) is 0 Å². The highest BCUT2D eigenvalue weighted by Crippen LogP contribution is 2.33. The van der Waals surface area contributed by atoms with Gasteiger partial charge < -0.3 is 9.64 Å². The van der Waals surface area contributed by atoms with E-state index in [1.54, 1.807) is 0 Å². The van der Waals surface area contributed by atoms with Gasteiger partial charge in [-0.3, -0.25) is 14.5 Å². The van der Waals surface area contributed by atoms with Gasteiger partial charge in [0.2, 0.25) is 0 Å². The van der Waals surface area contributed by atoms with Crippen molar-refractivity contribution in [2.45, 2.75) is 34.2 Å². The molecule has 0 unspecified atom stereocenters. The lowest BCUT2D eigenvalue weighted by Crippen LogP contribution is -2.34. The summed E-state index contributed by atoms with van der Waals surface area (Å²) in [7, 11) is 0. The van der Waals surface area contributed by atoms with Crippen LogP contribution in [0.15, 0.2) is 60.3 Å². The molecule has 3 rings (SSSR count). The average molecular weight is 407 g/mol. The van der Waals surface area contributed by atoms with Crippen LogP contribution in [0.5, 0.6) is 5.75 Å². The number of benzene rings is 2. The van der Waals surface area contributed by atoms with Crippen LogP contribution < -0.4 is 4.74 Å². The SMILES string of the molecule is CCN(Cc1ccccc1)C1=C(c2ccc(OCC(C)C)cc2)C(=O)N(CC)C1=O. The van der Waals surface area contributed by atoms with E-state index in [0.29, 0.717) is 43.4 Å². The molecule has 1 aliphatic heterocycles. The lowest BCUT2D eigenvalue weighted by atomic mass is 10.0. The Hall–Kier alpha value is -3.08. The molecule has 0 aliphatic carbocycles. The Kier molecular flexibility index (Phi) is 6.93. The van der Waals surface area contributed by atoms with Crippen molar-refractivity contribution < 1.29 is 14.3 Å². The van der Waals surface area contributed by atoms with Gasteiger partial charge in [0.05, 0.1) is 12.2 Å². The number of ether oxygens (including phenoxy) is 1. The fourth-order valence-corrected chi connectivity index (χ4v) is 3.54. The number of rotatable bonds is 9. The molecule has 0 saturated heterocycles. The summed E-state index contributed by atoms with van der Waals surface area (Å²) in [6.07, 6.45) is 0. The normalized spacial score (nSPS) is 14.1. The van der Waals surface area contributed by atoms with E-state index in [4.69, 9.17) is 4.74 Å². The predicted molar refractivity (Wildman–Crippen MR) is 119 cm³/mol. The van der Waals surface area contributed by atoms with Crippen LogP contribution in [0.1, 0.15) is 38.8 Å². The first-order valence-electron chi connectivity index (χ1n) is 10.6. The third kappa shape index (κ3) is 4.56. The van der Waals surface area contributed by atoms with Gasteiger partial charge in [-0.2, -0.15) is 0 Å². The molecule has 0 fully saturated rings. The molecule has 0 radical (unpaired) electrons. The number of imide groups is 1. The summed E-state index contributed by atoms with van der Waals surface area (Å²) in [6.45, 7) is 10.2. The van der Waals surface area contributed by atoms with Gasteiger partial charge in [0, 0.05) is 19.6 Å². The van der Waals surface area contributed by atoms with Gasteiger partial charge in [-0.25, -0.2) is 0 Å². The van der Waals surface area contributed by atoms with Crippen LogP contribution in [-0.4, -0.2) is 41.3 Å². The minimum atomic E-state index is -0.236. The molecule has 5 heteroatoms. The predicted octanol–water partition coefficient (Wildman–Crippen LogP) is 4.34. The topological polar surface area (TPSA) is 49.9 Å². The van der Waals surface area contributed by atoms with E-state index in [1.165, 1.54) is 4.90 Å². The molecule has 0 spiro atoms. The quantitative estimate of drug-likeness (QED) is 0.581. The highest BCUT2D eigenvalue weighted by molar-refractivity contribution is 6.35. The van der Waals surface area contributed by atoms with E-state index >= 15 is 0 Å². The molecule has 2 aromatic carbocycles. The third-order valence-electron chi connectivity index (χ3n) is 5.10. The van der Waals surface area contributed by atoms with Crippen LogP contribution in [0, 0.1) is 5.92 Å². The van der Waals surface area contributed by atoms with Crippen LogP contribution >= 0.6 is 0 Å². The fourth-order valence-electron chi connectivity index (χ4n) is 3.54. The monoisotopic (exact) mass is 406 g/mol. The Balaban J connectivity index is 1.98. The number of hydrogen-bond acceptors (Lipinski definition) is 4. The highest BCUT2D eigenvalue weighted by Gasteiger charge is 2.40. The number of amides is 2. The number of nitrogens with zero attached hydrogens (tertiary/aromatic N) is 2. The second-order valence-electron chi connectivity index (χ2n) is 7.81. The Morgan fingerprint density at radius 2 is 1.60 bits per heavy atom. The fraction of sp³-hybridized carbons (Fsp3) is 0.360. The molecule has 0 aromatic heterocycles. The van der Waals surface area contributed by atoms with E-state index in [9.17, 15) is 9.59 Å². The summed E-state index contributed by atoms with van der Waals surface area (Å²) >= 11 is 0. The van der Waals surface area contributed by atoms with Crippen LogP contribution in [0.25, 0.3) is 5.57 Å². The molecule has 1 aliphatic rings. The minimum absolute atomic E-state index is 0.226. The van der Waals surface area contributed by atoms with E-state index in [2.05, 4.69) is 13.8 Å². The summed E-state index contributed by atoms with van der Waals surface area (Å²) < 4.78 is 5.76. The first-order valence-corrected chi connectivity index (χ1v) is 10.6. The molecule has 2 aromatic rings. The standard InChI is InChI=1S/C25H30N2O3/c1-5-26(16-19-10-8-7-9-11-19)23-22(24(28)27(6-2)25(23)29)20-12-14-21(15-13-20)30-17-18(3)4/h7-15,18H,5-6,16-17H2,1-4H3. The van der Waals surface area contributed by atoms with Gasteiger partial charge in [-0.15, -0.1) is 0 Å². The Labute approximate surface area is 178 Å². The second kappa shape index (κ2) is 9.61. The summed E-state index contributed by atoms with van der Waals surface area (Å²) in [4.78, 5) is 29.6. The zero-order chi connectivity index (χ0) is 21.7. The van der Waals surface area contributed by atoms with E-state index in [-0.39, 0.29) is 11.8 Å². The summed E-state index contributed by atoms with van der Waals surface area (Å²) in [5, 5.41) is 0. The molecule has 0 bridgehead atoms.